The molecule has 2 unspecified atom stereocenters. The van der Waals surface area contributed by atoms with E-state index >= 15 is 0 Å². The Bertz CT molecular complexity index is 304. The van der Waals surface area contributed by atoms with Gasteiger partial charge in [0.15, 0.2) is 0 Å². The molecule has 1 aromatic carbocycles. The smallest absolute Gasteiger partial charge is 0.00720 e. The van der Waals surface area contributed by atoms with Crippen LogP contribution in [0.2, 0.25) is 0 Å². The molecule has 0 radical (unpaired) electrons. The number of thiol groups is 1. The molecule has 1 aliphatic rings. The predicted octanol–water partition coefficient (Wildman–Crippen LogP) is 3.41. The first kappa shape index (κ1) is 8.18. The second-order valence-electron chi connectivity index (χ2n) is 3.81. The number of hydrogen-bond donors (Lipinski definition) is 1. The average Bonchev–Trinajstić information content (AvgIpc) is 2.73. The number of benzene rings is 1. The van der Waals surface area contributed by atoms with Crippen LogP contribution in [-0.2, 0) is 0 Å². The molecule has 0 bridgehead atoms. The zero-order valence-electron chi connectivity index (χ0n) is 7.54. The lowest BCUT2D eigenvalue weighted by molar-refractivity contribution is 0.903. The van der Waals surface area contributed by atoms with E-state index in [4.69, 9.17) is 0 Å². The highest BCUT2D eigenvalue weighted by atomic mass is 32.1. The monoisotopic (exact) mass is 178 g/mol. The van der Waals surface area contributed by atoms with E-state index in [0.717, 1.165) is 16.7 Å². The Kier molecular flexibility index (Phi) is 1.91. The van der Waals surface area contributed by atoms with E-state index in [1.54, 1.807) is 0 Å². The van der Waals surface area contributed by atoms with Crippen LogP contribution in [0.4, 0.5) is 0 Å². The van der Waals surface area contributed by atoms with Crippen molar-refractivity contribution < 1.29 is 0 Å². The quantitative estimate of drug-likeness (QED) is 0.626. The molecular weight excluding hydrogens is 164 g/mol. The summed E-state index contributed by atoms with van der Waals surface area (Å²) in [5.41, 5.74) is 2.88. The van der Waals surface area contributed by atoms with E-state index in [0.29, 0.717) is 0 Å². The van der Waals surface area contributed by atoms with Gasteiger partial charge in [0.1, 0.15) is 0 Å². The van der Waals surface area contributed by atoms with Crippen molar-refractivity contribution in [3.05, 3.63) is 29.3 Å². The van der Waals surface area contributed by atoms with Crippen LogP contribution >= 0.6 is 12.6 Å². The lowest BCUT2D eigenvalue weighted by Crippen LogP contribution is -1.87. The van der Waals surface area contributed by atoms with Gasteiger partial charge in [0.25, 0.3) is 0 Å². The molecule has 0 aliphatic heterocycles. The van der Waals surface area contributed by atoms with Crippen LogP contribution in [0.25, 0.3) is 0 Å². The van der Waals surface area contributed by atoms with Gasteiger partial charge in [-0.2, -0.15) is 0 Å². The first-order valence-corrected chi connectivity index (χ1v) is 4.93. The van der Waals surface area contributed by atoms with Crippen molar-refractivity contribution in [2.45, 2.75) is 31.1 Å². The minimum atomic E-state index is 0.817. The topological polar surface area (TPSA) is 0 Å². The zero-order chi connectivity index (χ0) is 8.72. The van der Waals surface area contributed by atoms with Gasteiger partial charge in [-0.15, -0.1) is 12.6 Å². The van der Waals surface area contributed by atoms with Gasteiger partial charge in [-0.25, -0.2) is 0 Å². The van der Waals surface area contributed by atoms with E-state index in [2.05, 4.69) is 44.7 Å². The second-order valence-corrected chi connectivity index (χ2v) is 4.29. The van der Waals surface area contributed by atoms with Gasteiger partial charge in [0.05, 0.1) is 0 Å². The molecule has 2 rings (SSSR count). The fourth-order valence-electron chi connectivity index (χ4n) is 1.80. The Morgan fingerprint density at radius 3 is 2.67 bits per heavy atom. The average molecular weight is 178 g/mol. The van der Waals surface area contributed by atoms with Gasteiger partial charge in [-0.3, -0.25) is 0 Å². The van der Waals surface area contributed by atoms with E-state index in [1.807, 2.05) is 0 Å². The third kappa shape index (κ3) is 1.27. The molecule has 1 aliphatic carbocycles. The Hall–Kier alpha value is -0.430. The third-order valence-corrected chi connectivity index (χ3v) is 3.34. The van der Waals surface area contributed by atoms with Crippen molar-refractivity contribution in [3.63, 3.8) is 0 Å². The highest BCUT2D eigenvalue weighted by molar-refractivity contribution is 7.80. The SMILES string of the molecule is Cc1c(S)cccc1C1CC1C. The summed E-state index contributed by atoms with van der Waals surface area (Å²) in [4.78, 5) is 1.13. The fraction of sp³-hybridized carbons (Fsp3) is 0.455. The van der Waals surface area contributed by atoms with Gasteiger partial charge in [0.2, 0.25) is 0 Å². The molecule has 1 aromatic rings. The summed E-state index contributed by atoms with van der Waals surface area (Å²) in [5, 5.41) is 0. The molecule has 1 fully saturated rings. The molecule has 64 valence electrons. The molecule has 1 saturated carbocycles. The molecule has 0 nitrogen and oxygen atoms in total. The normalized spacial score (nSPS) is 27.2. The van der Waals surface area contributed by atoms with Crippen LogP contribution < -0.4 is 0 Å². The Labute approximate surface area is 79.4 Å². The molecule has 0 spiro atoms. The minimum absolute atomic E-state index is 0.817. The maximum Gasteiger partial charge on any atom is 0.00720 e. The summed E-state index contributed by atoms with van der Waals surface area (Å²) in [6, 6.07) is 6.41. The van der Waals surface area contributed by atoms with Gasteiger partial charge < -0.3 is 0 Å². The summed E-state index contributed by atoms with van der Waals surface area (Å²) < 4.78 is 0. The van der Waals surface area contributed by atoms with E-state index in [9.17, 15) is 0 Å². The first-order chi connectivity index (χ1) is 5.70. The van der Waals surface area contributed by atoms with Gasteiger partial charge in [-0.1, -0.05) is 19.1 Å². The predicted molar refractivity (Wildman–Crippen MR) is 55.0 cm³/mol. The summed E-state index contributed by atoms with van der Waals surface area (Å²) in [5.74, 6) is 1.70. The van der Waals surface area contributed by atoms with Crippen LogP contribution in [0.15, 0.2) is 23.1 Å². The fourth-order valence-corrected chi connectivity index (χ4v) is 2.01. The molecule has 2 atom stereocenters. The summed E-state index contributed by atoms with van der Waals surface area (Å²) in [6.45, 7) is 4.48. The zero-order valence-corrected chi connectivity index (χ0v) is 8.44. The van der Waals surface area contributed by atoms with E-state index < -0.39 is 0 Å². The highest BCUT2D eigenvalue weighted by Crippen LogP contribution is 2.48. The van der Waals surface area contributed by atoms with Crippen molar-refractivity contribution in [1.82, 2.24) is 0 Å². The highest BCUT2D eigenvalue weighted by Gasteiger charge is 2.34. The first-order valence-electron chi connectivity index (χ1n) is 4.48. The summed E-state index contributed by atoms with van der Waals surface area (Å²) in [7, 11) is 0. The lowest BCUT2D eigenvalue weighted by atomic mass is 10.0. The molecule has 0 heterocycles. The maximum absolute atomic E-state index is 4.42. The van der Waals surface area contributed by atoms with Gasteiger partial charge >= 0.3 is 0 Å². The van der Waals surface area contributed by atoms with Crippen LogP contribution in [0.1, 0.15) is 30.4 Å². The van der Waals surface area contributed by atoms with Gasteiger partial charge in [0, 0.05) is 4.90 Å². The Morgan fingerprint density at radius 2 is 2.08 bits per heavy atom. The second kappa shape index (κ2) is 2.81. The third-order valence-electron chi connectivity index (χ3n) is 2.86. The Balaban J connectivity index is 2.38. The number of hydrogen-bond acceptors (Lipinski definition) is 1. The standard InChI is InChI=1S/C11H14S/c1-7-6-10(7)9-4-3-5-11(12)8(9)2/h3-5,7,10,12H,6H2,1-2H3. The molecule has 0 saturated heterocycles. The molecule has 0 amide bonds. The Morgan fingerprint density at radius 1 is 1.42 bits per heavy atom. The van der Waals surface area contributed by atoms with Crippen molar-refractivity contribution in [2.24, 2.45) is 5.92 Å². The molecule has 12 heavy (non-hydrogen) atoms. The van der Waals surface area contributed by atoms with E-state index in [1.165, 1.54) is 17.5 Å². The van der Waals surface area contributed by atoms with E-state index in [-0.39, 0.29) is 0 Å². The van der Waals surface area contributed by atoms with Gasteiger partial charge in [-0.05, 0) is 42.4 Å². The minimum Gasteiger partial charge on any atom is -0.143 e. The van der Waals surface area contributed by atoms with Crippen LogP contribution in [0, 0.1) is 12.8 Å². The largest absolute Gasteiger partial charge is 0.143 e. The van der Waals surface area contributed by atoms with Crippen LogP contribution in [0.5, 0.6) is 0 Å². The molecule has 0 aromatic heterocycles. The molecule has 1 heteroatoms. The van der Waals surface area contributed by atoms with Crippen molar-refractivity contribution in [3.8, 4) is 0 Å². The van der Waals surface area contributed by atoms with Crippen LogP contribution in [0.3, 0.4) is 0 Å². The number of rotatable bonds is 1. The van der Waals surface area contributed by atoms with Crippen molar-refractivity contribution in [1.29, 1.82) is 0 Å². The summed E-state index contributed by atoms with van der Waals surface area (Å²) in [6.07, 6.45) is 1.36. The lowest BCUT2D eigenvalue weighted by Gasteiger charge is -2.06. The summed E-state index contributed by atoms with van der Waals surface area (Å²) >= 11 is 4.42. The van der Waals surface area contributed by atoms with Crippen molar-refractivity contribution >= 4 is 12.6 Å². The molecule has 0 N–H and O–H groups in total. The maximum atomic E-state index is 4.42. The van der Waals surface area contributed by atoms with Crippen molar-refractivity contribution in [2.75, 3.05) is 0 Å². The molecular formula is C11H14S. The van der Waals surface area contributed by atoms with Crippen LogP contribution in [-0.4, -0.2) is 0 Å².